The summed E-state index contributed by atoms with van der Waals surface area (Å²) in [6.07, 6.45) is 0. The van der Waals surface area contributed by atoms with Crippen LogP contribution in [0.2, 0.25) is 0 Å². The average Bonchev–Trinajstić information content (AvgIpc) is 3.13. The van der Waals surface area contributed by atoms with Crippen LogP contribution >= 0.6 is 0 Å². The summed E-state index contributed by atoms with van der Waals surface area (Å²) in [6, 6.07) is 19.9. The fourth-order valence-electron chi connectivity index (χ4n) is 3.95. The Morgan fingerprint density at radius 1 is 1.00 bits per heavy atom. The number of rotatable bonds is 9. The summed E-state index contributed by atoms with van der Waals surface area (Å²) in [4.78, 5) is 25.8. The molecule has 0 saturated carbocycles. The van der Waals surface area contributed by atoms with Gasteiger partial charge in [-0.05, 0) is 77.6 Å². The zero-order valence-electron chi connectivity index (χ0n) is 20.1. The van der Waals surface area contributed by atoms with Crippen LogP contribution in [0.5, 0.6) is 5.75 Å². The normalized spacial score (nSPS) is 10.6. The van der Waals surface area contributed by atoms with Crippen molar-refractivity contribution in [3.05, 3.63) is 104 Å². The molecule has 4 rings (SSSR count). The van der Waals surface area contributed by atoms with Gasteiger partial charge in [0.25, 0.3) is 0 Å². The van der Waals surface area contributed by atoms with E-state index in [1.165, 1.54) is 5.56 Å². The first-order valence-corrected chi connectivity index (χ1v) is 10.9. The van der Waals surface area contributed by atoms with Crippen molar-refractivity contribution in [1.82, 2.24) is 9.72 Å². The van der Waals surface area contributed by atoms with Gasteiger partial charge in [0.05, 0.1) is 6.61 Å². The van der Waals surface area contributed by atoms with Gasteiger partial charge in [0.15, 0.2) is 5.69 Å². The molecule has 0 aliphatic carbocycles. The fourth-order valence-corrected chi connectivity index (χ4v) is 3.95. The Hall–Kier alpha value is -3.04. The molecule has 0 bridgehead atoms. The molecule has 9 heteroatoms. The molecule has 8 nitrogen and oxygen atoms in total. The first-order valence-electron chi connectivity index (χ1n) is 10.9. The fraction of sp³-hybridized carbons (Fsp3) is 0.231. The van der Waals surface area contributed by atoms with Crippen LogP contribution in [0.15, 0.2) is 74.8 Å². The molecule has 0 amide bonds. The van der Waals surface area contributed by atoms with Gasteiger partial charge in [-0.15, -0.1) is 0 Å². The predicted octanol–water partition coefficient (Wildman–Crippen LogP) is 0.0780. The van der Waals surface area contributed by atoms with Gasteiger partial charge in [0, 0.05) is 18.8 Å². The van der Waals surface area contributed by atoms with E-state index in [0.29, 0.717) is 6.54 Å². The van der Waals surface area contributed by atoms with Crippen LogP contribution in [-0.4, -0.2) is 23.1 Å². The smallest absolute Gasteiger partial charge is 0.491 e. The van der Waals surface area contributed by atoms with E-state index in [2.05, 4.69) is 42.3 Å². The van der Waals surface area contributed by atoms with E-state index in [-0.39, 0.29) is 49.3 Å². The van der Waals surface area contributed by atoms with Crippen LogP contribution in [0.25, 0.3) is 11.1 Å². The Morgan fingerprint density at radius 3 is 2.34 bits per heavy atom. The average molecular weight is 484 g/mol. The number of aromatic nitrogens is 2. The predicted molar refractivity (Wildman–Crippen MR) is 129 cm³/mol. The molecule has 1 heterocycles. The van der Waals surface area contributed by atoms with E-state index in [9.17, 15) is 9.59 Å². The molecule has 0 saturated heterocycles. The van der Waals surface area contributed by atoms with E-state index >= 15 is 0 Å². The standard InChI is InChI=1S/C26H27N3O5.Na/c1-17-12-23(33-11-10-30)13-18(2)24(17)21-5-3-4-20(14-21)15-27-22-8-6-19(7-9-22)16-29-25(31)28-26(32)34-29;/h3-9,12-14,27,30H,10-11,15-16H2,1-2H3,(H,28,31,32);/q;+1/p-1. The van der Waals surface area contributed by atoms with Crippen LogP contribution in [0.1, 0.15) is 22.3 Å². The van der Waals surface area contributed by atoms with Gasteiger partial charge in [-0.3, -0.25) is 9.53 Å². The minimum Gasteiger partial charge on any atom is -0.491 e. The molecule has 0 fully saturated rings. The molecule has 0 aliphatic rings. The summed E-state index contributed by atoms with van der Waals surface area (Å²) in [7, 11) is 0. The van der Waals surface area contributed by atoms with E-state index in [4.69, 9.17) is 14.4 Å². The molecule has 3 aromatic carbocycles. The van der Waals surface area contributed by atoms with E-state index in [1.54, 1.807) is 0 Å². The third-order valence-corrected chi connectivity index (χ3v) is 5.45. The van der Waals surface area contributed by atoms with Crippen molar-refractivity contribution < 1.29 is 43.9 Å². The van der Waals surface area contributed by atoms with Crippen LogP contribution in [-0.2, 0) is 13.1 Å². The Labute approximate surface area is 224 Å². The summed E-state index contributed by atoms with van der Waals surface area (Å²) in [5.74, 6) is -0.127. The van der Waals surface area contributed by atoms with Crippen molar-refractivity contribution in [2.24, 2.45) is 0 Å². The largest absolute Gasteiger partial charge is 1.00 e. The topological polar surface area (TPSA) is 108 Å². The van der Waals surface area contributed by atoms with Crippen LogP contribution in [0.4, 0.5) is 5.69 Å². The third kappa shape index (κ3) is 6.76. The van der Waals surface area contributed by atoms with Gasteiger partial charge in [-0.25, -0.2) is 4.79 Å². The molecule has 1 aromatic heterocycles. The molecule has 35 heavy (non-hydrogen) atoms. The van der Waals surface area contributed by atoms with Gasteiger partial charge < -0.3 is 24.7 Å². The third-order valence-electron chi connectivity index (χ3n) is 5.45. The molecule has 0 atom stereocenters. The Balaban J connectivity index is 0.00000342. The number of aliphatic hydroxyl groups excluding tert-OH is 1. The van der Waals surface area contributed by atoms with Crippen molar-refractivity contribution in [3.63, 3.8) is 0 Å². The maximum absolute atomic E-state index is 11.5. The quantitative estimate of drug-likeness (QED) is 0.325. The second kappa shape index (κ2) is 12.1. The first-order chi connectivity index (χ1) is 16.4. The number of ether oxygens (including phenoxy) is 1. The number of anilines is 1. The molecule has 0 aliphatic heterocycles. The van der Waals surface area contributed by atoms with Crippen LogP contribution in [0, 0.1) is 13.8 Å². The van der Waals surface area contributed by atoms with Crippen LogP contribution in [0.3, 0.4) is 0 Å². The molecule has 0 radical (unpaired) electrons. The van der Waals surface area contributed by atoms with Crippen molar-refractivity contribution >= 4 is 5.69 Å². The van der Waals surface area contributed by atoms with Gasteiger partial charge in [0.2, 0.25) is 0 Å². The maximum Gasteiger partial charge on any atom is 1.00 e. The number of aryl methyl sites for hydroxylation is 2. The minimum absolute atomic E-state index is 0. The van der Waals surface area contributed by atoms with Gasteiger partial charge >= 0.3 is 35.3 Å². The Bertz CT molecular complexity index is 1370. The summed E-state index contributed by atoms with van der Waals surface area (Å²) in [5, 5.41) is 12.4. The van der Waals surface area contributed by atoms with Gasteiger partial charge in [0.1, 0.15) is 12.4 Å². The van der Waals surface area contributed by atoms with E-state index < -0.39 is 11.4 Å². The van der Waals surface area contributed by atoms with Crippen LogP contribution < -0.4 is 56.0 Å². The molecular weight excluding hydrogens is 457 g/mol. The molecular formula is C26H26N3NaO5. The second-order valence-electron chi connectivity index (χ2n) is 8.04. The molecule has 0 spiro atoms. The van der Waals surface area contributed by atoms with Crippen molar-refractivity contribution in [2.75, 3.05) is 18.5 Å². The number of nitrogens with one attached hydrogen (secondary N) is 1. The first kappa shape index (κ1) is 26.6. The Kier molecular flexibility index (Phi) is 9.17. The summed E-state index contributed by atoms with van der Waals surface area (Å²) >= 11 is 0. The summed E-state index contributed by atoms with van der Waals surface area (Å²) in [5.41, 5.74) is 6.73. The zero-order chi connectivity index (χ0) is 24.1. The number of hydrogen-bond donors (Lipinski definition) is 2. The zero-order valence-corrected chi connectivity index (χ0v) is 22.1. The van der Waals surface area contributed by atoms with Crippen molar-refractivity contribution in [3.8, 4) is 16.9 Å². The van der Waals surface area contributed by atoms with Crippen molar-refractivity contribution in [1.29, 1.82) is 0 Å². The Morgan fingerprint density at radius 2 is 1.71 bits per heavy atom. The molecule has 4 aromatic rings. The molecule has 2 N–H and O–H groups in total. The van der Waals surface area contributed by atoms with E-state index in [1.807, 2.05) is 42.5 Å². The van der Waals surface area contributed by atoms with Gasteiger partial charge in [-0.2, -0.15) is 0 Å². The summed E-state index contributed by atoms with van der Waals surface area (Å²) in [6.45, 7) is 5.18. The number of nitrogens with zero attached hydrogens (tertiary/aromatic N) is 2. The van der Waals surface area contributed by atoms with Gasteiger partial charge in [-0.1, -0.05) is 30.3 Å². The maximum atomic E-state index is 11.5. The van der Waals surface area contributed by atoms with E-state index in [0.717, 1.165) is 44.0 Å². The monoisotopic (exact) mass is 483 g/mol. The molecule has 176 valence electrons. The second-order valence-corrected chi connectivity index (χ2v) is 8.04. The number of aliphatic hydroxyl groups is 1. The summed E-state index contributed by atoms with van der Waals surface area (Å²) < 4.78 is 11.3. The number of benzene rings is 3. The van der Waals surface area contributed by atoms with Crippen molar-refractivity contribution in [2.45, 2.75) is 26.9 Å². The SMILES string of the molecule is Cc1cc(OCCO)cc(C)c1-c1cccc(CNc2ccc(Cn3oc(=O)[n-]c3=O)cc2)c1.[Na+]. The number of hydrogen-bond acceptors (Lipinski definition) is 6. The minimum atomic E-state index is -0.887. The molecule has 0 unspecified atom stereocenters.